The van der Waals surface area contributed by atoms with Crippen LogP contribution in [0.25, 0.3) is 0 Å². The van der Waals surface area contributed by atoms with E-state index in [0.29, 0.717) is 12.0 Å². The fraction of sp³-hybridized carbons (Fsp3) is 0.222. The van der Waals surface area contributed by atoms with Crippen LogP contribution in [0.3, 0.4) is 0 Å². The van der Waals surface area contributed by atoms with E-state index in [2.05, 4.69) is 0 Å². The molecule has 2 aromatic carbocycles. The van der Waals surface area contributed by atoms with Crippen LogP contribution in [0.2, 0.25) is 0 Å². The van der Waals surface area contributed by atoms with Gasteiger partial charge in [-0.1, -0.05) is 30.3 Å². The molecular formula is C18H19NO3. The second-order valence-electron chi connectivity index (χ2n) is 5.14. The average molecular weight is 297 g/mol. The van der Waals surface area contributed by atoms with Crippen LogP contribution in [0, 0.1) is 0 Å². The first kappa shape index (κ1) is 15.8. The summed E-state index contributed by atoms with van der Waals surface area (Å²) >= 11 is 0. The summed E-state index contributed by atoms with van der Waals surface area (Å²) < 4.78 is 0. The minimum absolute atomic E-state index is 0.0563. The third kappa shape index (κ3) is 4.19. The molecule has 1 N–H and O–H groups in total. The lowest BCUT2D eigenvalue weighted by Gasteiger charge is -2.17. The first-order valence-corrected chi connectivity index (χ1v) is 7.22. The number of carbonyl (C=O) groups excluding carboxylic acids is 1. The zero-order chi connectivity index (χ0) is 15.9. The van der Waals surface area contributed by atoms with Crippen molar-refractivity contribution < 1.29 is 14.7 Å². The smallest absolute Gasteiger partial charge is 0.303 e. The van der Waals surface area contributed by atoms with Gasteiger partial charge in [-0.3, -0.25) is 9.59 Å². The third-order valence-electron chi connectivity index (χ3n) is 3.51. The number of aryl methyl sites for hydroxylation is 1. The van der Waals surface area contributed by atoms with E-state index in [9.17, 15) is 9.59 Å². The number of hydrogen-bond donors (Lipinski definition) is 1. The lowest BCUT2D eigenvalue weighted by atomic mass is 10.1. The van der Waals surface area contributed by atoms with Gasteiger partial charge in [-0.25, -0.2) is 0 Å². The van der Waals surface area contributed by atoms with E-state index in [1.54, 1.807) is 24.1 Å². The Labute approximate surface area is 130 Å². The molecule has 0 saturated carbocycles. The molecule has 4 nitrogen and oxygen atoms in total. The van der Waals surface area contributed by atoms with E-state index in [1.807, 2.05) is 42.5 Å². The quantitative estimate of drug-likeness (QED) is 0.889. The molecule has 0 aliphatic rings. The minimum atomic E-state index is -0.773. The molecule has 0 aromatic heterocycles. The Kier molecular flexibility index (Phi) is 5.31. The predicted octanol–water partition coefficient (Wildman–Crippen LogP) is 3.37. The molecule has 4 heteroatoms. The van der Waals surface area contributed by atoms with Crippen molar-refractivity contribution in [2.24, 2.45) is 0 Å². The van der Waals surface area contributed by atoms with Crippen molar-refractivity contribution in [1.82, 2.24) is 0 Å². The van der Waals surface area contributed by atoms with Crippen molar-refractivity contribution in [2.75, 3.05) is 11.9 Å². The summed E-state index contributed by atoms with van der Waals surface area (Å²) in [5.74, 6) is -0.830. The van der Waals surface area contributed by atoms with Crippen molar-refractivity contribution in [3.05, 3.63) is 65.7 Å². The third-order valence-corrected chi connectivity index (χ3v) is 3.51. The van der Waals surface area contributed by atoms with E-state index in [0.717, 1.165) is 17.7 Å². The van der Waals surface area contributed by atoms with Gasteiger partial charge in [0.25, 0.3) is 5.91 Å². The molecule has 2 aromatic rings. The van der Waals surface area contributed by atoms with E-state index < -0.39 is 5.97 Å². The number of aliphatic carboxylic acids is 1. The van der Waals surface area contributed by atoms with Crippen molar-refractivity contribution >= 4 is 17.6 Å². The second kappa shape index (κ2) is 7.41. The summed E-state index contributed by atoms with van der Waals surface area (Å²) in [6.45, 7) is 0. The van der Waals surface area contributed by atoms with Gasteiger partial charge in [0.05, 0.1) is 0 Å². The molecule has 2 rings (SSSR count). The molecule has 0 saturated heterocycles. The normalized spacial score (nSPS) is 10.2. The van der Waals surface area contributed by atoms with Gasteiger partial charge in [0.2, 0.25) is 0 Å². The second-order valence-corrected chi connectivity index (χ2v) is 5.14. The lowest BCUT2D eigenvalue weighted by molar-refractivity contribution is -0.137. The first-order chi connectivity index (χ1) is 10.6. The number of amides is 1. The van der Waals surface area contributed by atoms with Crippen molar-refractivity contribution in [3.8, 4) is 0 Å². The fourth-order valence-electron chi connectivity index (χ4n) is 2.22. The SMILES string of the molecule is CN(C(=O)c1ccccc1)c1ccc(CCCC(=O)O)cc1. The zero-order valence-electron chi connectivity index (χ0n) is 12.5. The highest BCUT2D eigenvalue weighted by atomic mass is 16.4. The fourth-order valence-corrected chi connectivity index (χ4v) is 2.22. The van der Waals surface area contributed by atoms with Crippen LogP contribution in [0.15, 0.2) is 54.6 Å². The molecule has 0 aliphatic heterocycles. The monoisotopic (exact) mass is 297 g/mol. The van der Waals surface area contributed by atoms with Crippen LogP contribution >= 0.6 is 0 Å². The number of carbonyl (C=O) groups is 2. The predicted molar refractivity (Wildman–Crippen MR) is 86.2 cm³/mol. The summed E-state index contributed by atoms with van der Waals surface area (Å²) in [5.41, 5.74) is 2.54. The van der Waals surface area contributed by atoms with Gasteiger partial charge >= 0.3 is 5.97 Å². The highest BCUT2D eigenvalue weighted by molar-refractivity contribution is 6.05. The molecule has 1 amide bonds. The molecule has 114 valence electrons. The van der Waals surface area contributed by atoms with Crippen molar-refractivity contribution in [1.29, 1.82) is 0 Å². The number of rotatable bonds is 6. The van der Waals surface area contributed by atoms with Gasteiger partial charge in [-0.2, -0.15) is 0 Å². The van der Waals surface area contributed by atoms with Crippen LogP contribution in [0.5, 0.6) is 0 Å². The largest absolute Gasteiger partial charge is 0.481 e. The Morgan fingerprint density at radius 1 is 1.00 bits per heavy atom. The Balaban J connectivity index is 2.00. The zero-order valence-corrected chi connectivity index (χ0v) is 12.5. The molecule has 22 heavy (non-hydrogen) atoms. The van der Waals surface area contributed by atoms with Gasteiger partial charge in [0.15, 0.2) is 0 Å². The highest BCUT2D eigenvalue weighted by Gasteiger charge is 2.12. The van der Waals surface area contributed by atoms with E-state index in [-0.39, 0.29) is 12.3 Å². The van der Waals surface area contributed by atoms with Gasteiger partial charge < -0.3 is 10.0 Å². The summed E-state index contributed by atoms with van der Waals surface area (Å²) in [5, 5.41) is 8.63. The molecule has 0 radical (unpaired) electrons. The van der Waals surface area contributed by atoms with E-state index >= 15 is 0 Å². The molecule has 0 heterocycles. The summed E-state index contributed by atoms with van der Waals surface area (Å²) in [6, 6.07) is 16.8. The maximum absolute atomic E-state index is 12.3. The van der Waals surface area contributed by atoms with E-state index in [4.69, 9.17) is 5.11 Å². The number of benzene rings is 2. The Morgan fingerprint density at radius 2 is 1.64 bits per heavy atom. The molecule has 0 atom stereocenters. The van der Waals surface area contributed by atoms with Crippen LogP contribution < -0.4 is 4.90 Å². The number of hydrogen-bond acceptors (Lipinski definition) is 2. The summed E-state index contributed by atoms with van der Waals surface area (Å²) in [7, 11) is 1.74. The van der Waals surface area contributed by atoms with Crippen molar-refractivity contribution in [2.45, 2.75) is 19.3 Å². The number of carboxylic acids is 1. The molecular weight excluding hydrogens is 278 g/mol. The first-order valence-electron chi connectivity index (χ1n) is 7.22. The van der Waals surface area contributed by atoms with Crippen LogP contribution in [0.1, 0.15) is 28.8 Å². The van der Waals surface area contributed by atoms with Crippen LogP contribution in [-0.4, -0.2) is 24.0 Å². The molecule has 0 bridgehead atoms. The Bertz CT molecular complexity index is 635. The van der Waals surface area contributed by atoms with Crippen molar-refractivity contribution in [3.63, 3.8) is 0 Å². The molecule has 0 unspecified atom stereocenters. The minimum Gasteiger partial charge on any atom is -0.481 e. The number of carboxylic acid groups (broad SMARTS) is 1. The maximum atomic E-state index is 12.3. The van der Waals surface area contributed by atoms with Crippen LogP contribution in [-0.2, 0) is 11.2 Å². The lowest BCUT2D eigenvalue weighted by Crippen LogP contribution is -2.26. The van der Waals surface area contributed by atoms with Gasteiger partial charge in [0.1, 0.15) is 0 Å². The summed E-state index contributed by atoms with van der Waals surface area (Å²) in [4.78, 5) is 24.4. The number of anilines is 1. The van der Waals surface area contributed by atoms with Gasteiger partial charge in [0, 0.05) is 24.7 Å². The highest BCUT2D eigenvalue weighted by Crippen LogP contribution is 2.17. The summed E-state index contributed by atoms with van der Waals surface area (Å²) in [6.07, 6.45) is 1.52. The Morgan fingerprint density at radius 3 is 2.23 bits per heavy atom. The standard InChI is InChI=1S/C18H19NO3/c1-19(18(22)15-7-3-2-4-8-15)16-12-10-14(11-13-16)6-5-9-17(20)21/h2-4,7-8,10-13H,5-6,9H2,1H3,(H,20,21). The van der Waals surface area contributed by atoms with Gasteiger partial charge in [-0.15, -0.1) is 0 Å². The molecule has 0 fully saturated rings. The van der Waals surface area contributed by atoms with Gasteiger partial charge in [-0.05, 0) is 42.7 Å². The molecule has 0 aliphatic carbocycles. The average Bonchev–Trinajstić information content (AvgIpc) is 2.54. The molecule has 0 spiro atoms. The maximum Gasteiger partial charge on any atom is 0.303 e. The van der Waals surface area contributed by atoms with E-state index in [1.165, 1.54) is 0 Å². The number of nitrogens with zero attached hydrogens (tertiary/aromatic N) is 1. The Hall–Kier alpha value is -2.62. The van der Waals surface area contributed by atoms with Crippen LogP contribution in [0.4, 0.5) is 5.69 Å². The topological polar surface area (TPSA) is 57.6 Å².